The molecule has 2 heterocycles. The summed E-state index contributed by atoms with van der Waals surface area (Å²) in [7, 11) is 0. The van der Waals surface area contributed by atoms with Gasteiger partial charge in [0.2, 0.25) is 11.2 Å². The van der Waals surface area contributed by atoms with E-state index in [1.807, 2.05) is 0 Å². The Hall–Kier alpha value is -1.87. The van der Waals surface area contributed by atoms with Crippen molar-refractivity contribution in [1.82, 2.24) is 24.7 Å². The molecule has 0 amide bonds. The van der Waals surface area contributed by atoms with Crippen LogP contribution >= 0.6 is 11.6 Å². The normalized spacial score (nSPS) is 11.1. The third-order valence-corrected chi connectivity index (χ3v) is 2.47. The molecule has 0 atom stereocenters. The molecule has 0 aliphatic rings. The second-order valence-corrected chi connectivity index (χ2v) is 4.05. The van der Waals surface area contributed by atoms with Gasteiger partial charge in [0, 0.05) is 18.9 Å². The molecule has 0 spiro atoms. The van der Waals surface area contributed by atoms with Crippen LogP contribution in [0.25, 0.3) is 5.95 Å². The molecule has 0 fully saturated rings. The smallest absolute Gasteiger partial charge is 0.256 e. The molecule has 0 aliphatic heterocycles. The van der Waals surface area contributed by atoms with E-state index in [0.717, 1.165) is 4.90 Å². The molecular weight excluding hydrogens is 294 g/mol. The molecular formula is C10H11ClF2N6O. The van der Waals surface area contributed by atoms with E-state index in [2.05, 4.69) is 20.1 Å². The molecule has 0 unspecified atom stereocenters. The van der Waals surface area contributed by atoms with E-state index < -0.39 is 13.0 Å². The lowest BCUT2D eigenvalue weighted by molar-refractivity contribution is 0.152. The van der Waals surface area contributed by atoms with Gasteiger partial charge >= 0.3 is 0 Å². The zero-order valence-electron chi connectivity index (χ0n) is 10.2. The van der Waals surface area contributed by atoms with Gasteiger partial charge in [-0.25, -0.2) is 13.5 Å². The number of hydrogen-bond donors (Lipinski definition) is 1. The number of alkyl halides is 2. The van der Waals surface area contributed by atoms with E-state index in [-0.39, 0.29) is 30.3 Å². The molecule has 0 aromatic carbocycles. The van der Waals surface area contributed by atoms with Gasteiger partial charge in [-0.3, -0.25) is 0 Å². The Labute approximate surface area is 117 Å². The molecule has 0 radical (unpaired) electrons. The van der Waals surface area contributed by atoms with Gasteiger partial charge < -0.3 is 10.0 Å². The summed E-state index contributed by atoms with van der Waals surface area (Å²) in [6.07, 6.45) is 0.506. The van der Waals surface area contributed by atoms with Crippen LogP contribution < -0.4 is 4.90 Å². The molecule has 10 heteroatoms. The van der Waals surface area contributed by atoms with Crippen molar-refractivity contribution in [3.63, 3.8) is 0 Å². The Morgan fingerprint density at radius 2 is 2.15 bits per heavy atom. The number of halogens is 3. The third-order valence-electron chi connectivity index (χ3n) is 2.30. The Kier molecular flexibility index (Phi) is 4.74. The van der Waals surface area contributed by atoms with Gasteiger partial charge in [-0.15, -0.1) is 0 Å². The second-order valence-electron chi connectivity index (χ2n) is 3.72. The van der Waals surface area contributed by atoms with E-state index in [4.69, 9.17) is 16.7 Å². The Morgan fingerprint density at radius 3 is 2.75 bits per heavy atom. The Morgan fingerprint density at radius 1 is 1.35 bits per heavy atom. The van der Waals surface area contributed by atoms with Gasteiger partial charge in [0.1, 0.15) is 0 Å². The van der Waals surface area contributed by atoms with Gasteiger partial charge in [-0.1, -0.05) is 0 Å². The number of hydrogen-bond acceptors (Lipinski definition) is 6. The van der Waals surface area contributed by atoms with Gasteiger partial charge in [0.15, 0.2) is 0 Å². The van der Waals surface area contributed by atoms with E-state index in [0.29, 0.717) is 0 Å². The van der Waals surface area contributed by atoms with Crippen LogP contribution in [0.1, 0.15) is 0 Å². The number of rotatable bonds is 6. The van der Waals surface area contributed by atoms with Gasteiger partial charge in [0.25, 0.3) is 12.4 Å². The zero-order valence-corrected chi connectivity index (χ0v) is 11.0. The van der Waals surface area contributed by atoms with Crippen LogP contribution in [0.5, 0.6) is 0 Å². The molecule has 108 valence electrons. The molecule has 0 saturated heterocycles. The van der Waals surface area contributed by atoms with Crippen molar-refractivity contribution in [1.29, 1.82) is 0 Å². The highest BCUT2D eigenvalue weighted by Crippen LogP contribution is 2.14. The molecule has 2 aromatic rings. The van der Waals surface area contributed by atoms with E-state index in [1.54, 1.807) is 12.3 Å². The van der Waals surface area contributed by atoms with Crippen LogP contribution in [0.15, 0.2) is 18.5 Å². The second kappa shape index (κ2) is 6.53. The number of aliphatic hydroxyl groups is 1. The van der Waals surface area contributed by atoms with Crippen molar-refractivity contribution in [2.75, 3.05) is 24.6 Å². The fourth-order valence-corrected chi connectivity index (χ4v) is 1.67. The third kappa shape index (κ3) is 3.58. The lowest BCUT2D eigenvalue weighted by Gasteiger charge is -2.21. The first-order chi connectivity index (χ1) is 9.60. The number of nitrogens with zero attached hydrogens (tertiary/aromatic N) is 6. The molecule has 2 aromatic heterocycles. The quantitative estimate of drug-likeness (QED) is 0.849. The molecule has 0 bridgehead atoms. The van der Waals surface area contributed by atoms with Crippen molar-refractivity contribution in [2.24, 2.45) is 0 Å². The SMILES string of the molecule is OCCN(CC(F)F)c1nc(Cl)nc(-n2cccn2)n1. The molecule has 20 heavy (non-hydrogen) atoms. The topological polar surface area (TPSA) is 80.0 Å². The van der Waals surface area contributed by atoms with Crippen LogP contribution in [0, 0.1) is 0 Å². The largest absolute Gasteiger partial charge is 0.395 e. The molecule has 2 rings (SSSR count). The van der Waals surface area contributed by atoms with E-state index >= 15 is 0 Å². The fraction of sp³-hybridized carbons (Fsp3) is 0.400. The minimum Gasteiger partial charge on any atom is -0.395 e. The van der Waals surface area contributed by atoms with Crippen LogP contribution in [-0.2, 0) is 0 Å². The average Bonchev–Trinajstić information content (AvgIpc) is 2.91. The predicted octanol–water partition coefficient (Wildman–Crippen LogP) is 0.774. The highest BCUT2D eigenvalue weighted by Gasteiger charge is 2.17. The number of aliphatic hydroxyl groups excluding tert-OH is 1. The summed E-state index contributed by atoms with van der Waals surface area (Å²) in [6, 6.07) is 1.65. The van der Waals surface area contributed by atoms with E-state index in [1.165, 1.54) is 10.9 Å². The number of anilines is 1. The van der Waals surface area contributed by atoms with Gasteiger partial charge in [-0.2, -0.15) is 20.1 Å². The first-order valence-electron chi connectivity index (χ1n) is 5.65. The first kappa shape index (κ1) is 14.5. The van der Waals surface area contributed by atoms with Crippen molar-refractivity contribution in [3.05, 3.63) is 23.7 Å². The number of aromatic nitrogens is 5. The molecule has 0 aliphatic carbocycles. The minimum atomic E-state index is -2.59. The van der Waals surface area contributed by atoms with E-state index in [9.17, 15) is 8.78 Å². The first-order valence-corrected chi connectivity index (χ1v) is 6.03. The van der Waals surface area contributed by atoms with Gasteiger partial charge in [0.05, 0.1) is 13.2 Å². The van der Waals surface area contributed by atoms with Crippen molar-refractivity contribution in [3.8, 4) is 5.95 Å². The van der Waals surface area contributed by atoms with Crippen LogP contribution in [0.3, 0.4) is 0 Å². The van der Waals surface area contributed by atoms with Crippen LogP contribution in [0.2, 0.25) is 5.28 Å². The lowest BCUT2D eigenvalue weighted by Crippen LogP contribution is -2.33. The summed E-state index contributed by atoms with van der Waals surface area (Å²) in [5.41, 5.74) is 0. The summed E-state index contributed by atoms with van der Waals surface area (Å²) in [6.45, 7) is -0.962. The Balaban J connectivity index is 2.34. The molecule has 7 nitrogen and oxygen atoms in total. The highest BCUT2D eigenvalue weighted by atomic mass is 35.5. The fourth-order valence-electron chi connectivity index (χ4n) is 1.52. The molecule has 1 N–H and O–H groups in total. The summed E-state index contributed by atoms with van der Waals surface area (Å²) in [4.78, 5) is 12.8. The predicted molar refractivity (Wildman–Crippen MR) is 67.3 cm³/mol. The standard InChI is InChI=1S/C10H11ClF2N6O/c11-8-15-9(18(4-5-20)6-7(12)13)17-10(16-8)19-3-1-2-14-19/h1-3,7,20H,4-6H2. The summed E-state index contributed by atoms with van der Waals surface area (Å²) >= 11 is 5.77. The maximum atomic E-state index is 12.5. The van der Waals surface area contributed by atoms with Crippen molar-refractivity contribution < 1.29 is 13.9 Å². The summed E-state index contributed by atoms with van der Waals surface area (Å²) < 4.78 is 26.4. The minimum absolute atomic E-state index is 0.0372. The van der Waals surface area contributed by atoms with Gasteiger partial charge in [-0.05, 0) is 17.7 Å². The monoisotopic (exact) mass is 304 g/mol. The van der Waals surface area contributed by atoms with Crippen molar-refractivity contribution >= 4 is 17.5 Å². The maximum absolute atomic E-state index is 12.5. The summed E-state index contributed by atoms with van der Waals surface area (Å²) in [5.74, 6) is 0.0760. The molecule has 0 saturated carbocycles. The van der Waals surface area contributed by atoms with Crippen molar-refractivity contribution in [2.45, 2.75) is 6.43 Å². The zero-order chi connectivity index (χ0) is 14.5. The maximum Gasteiger partial charge on any atom is 0.256 e. The Bertz CT molecular complexity index is 553. The lowest BCUT2D eigenvalue weighted by atomic mass is 10.5. The highest BCUT2D eigenvalue weighted by molar-refractivity contribution is 6.28. The van der Waals surface area contributed by atoms with Crippen LogP contribution in [-0.4, -0.2) is 56.0 Å². The average molecular weight is 305 g/mol. The van der Waals surface area contributed by atoms with Crippen LogP contribution in [0.4, 0.5) is 14.7 Å². The summed E-state index contributed by atoms with van der Waals surface area (Å²) in [5, 5.41) is 12.7.